The summed E-state index contributed by atoms with van der Waals surface area (Å²) in [4.78, 5) is 37.7. The molecule has 0 rings (SSSR count). The second-order valence-corrected chi connectivity index (χ2v) is 17.8. The molecular formula is C59H100O6. The van der Waals surface area contributed by atoms with Crippen molar-refractivity contribution in [2.75, 3.05) is 13.2 Å². The van der Waals surface area contributed by atoms with Crippen LogP contribution in [0, 0.1) is 0 Å². The largest absolute Gasteiger partial charge is 0.462 e. The maximum Gasteiger partial charge on any atom is 0.306 e. The van der Waals surface area contributed by atoms with Gasteiger partial charge in [-0.2, -0.15) is 0 Å². The van der Waals surface area contributed by atoms with Gasteiger partial charge in [0.25, 0.3) is 0 Å². The zero-order chi connectivity index (χ0) is 47.2. The highest BCUT2D eigenvalue weighted by atomic mass is 16.6. The van der Waals surface area contributed by atoms with Gasteiger partial charge in [0.2, 0.25) is 0 Å². The van der Waals surface area contributed by atoms with Gasteiger partial charge >= 0.3 is 17.9 Å². The maximum atomic E-state index is 12.7. The maximum absolute atomic E-state index is 12.7. The average Bonchev–Trinajstić information content (AvgIpc) is 3.30. The minimum absolute atomic E-state index is 0.0780. The van der Waals surface area contributed by atoms with Crippen molar-refractivity contribution in [1.82, 2.24) is 0 Å². The molecule has 0 saturated carbocycles. The van der Waals surface area contributed by atoms with E-state index in [-0.39, 0.29) is 31.1 Å². The molecule has 0 fully saturated rings. The fourth-order valence-corrected chi connectivity index (χ4v) is 7.36. The Morgan fingerprint density at radius 2 is 0.600 bits per heavy atom. The lowest BCUT2D eigenvalue weighted by atomic mass is 10.0. The molecule has 0 bridgehead atoms. The smallest absolute Gasteiger partial charge is 0.306 e. The first-order valence-electron chi connectivity index (χ1n) is 27.1. The molecule has 0 aromatic rings. The Bertz CT molecular complexity index is 1270. The van der Waals surface area contributed by atoms with Gasteiger partial charge in [-0.1, -0.05) is 241 Å². The van der Waals surface area contributed by atoms with Crippen LogP contribution in [0.3, 0.4) is 0 Å². The van der Waals surface area contributed by atoms with Crippen LogP contribution >= 0.6 is 0 Å². The third-order valence-corrected chi connectivity index (χ3v) is 11.4. The number of carbonyl (C=O) groups excluding carboxylic acids is 3. The Hall–Kier alpha value is -3.41. The van der Waals surface area contributed by atoms with Crippen molar-refractivity contribution >= 4 is 17.9 Å². The molecule has 0 saturated heterocycles. The van der Waals surface area contributed by atoms with Gasteiger partial charge in [-0.3, -0.25) is 14.4 Å². The van der Waals surface area contributed by atoms with Crippen LogP contribution in [-0.4, -0.2) is 37.2 Å². The molecule has 0 radical (unpaired) electrons. The lowest BCUT2D eigenvalue weighted by Gasteiger charge is -2.18. The van der Waals surface area contributed by atoms with Gasteiger partial charge in [-0.25, -0.2) is 0 Å². The highest BCUT2D eigenvalue weighted by Crippen LogP contribution is 2.15. The van der Waals surface area contributed by atoms with Gasteiger partial charge in [-0.15, -0.1) is 0 Å². The molecule has 0 amide bonds. The van der Waals surface area contributed by atoms with E-state index in [0.717, 1.165) is 109 Å². The van der Waals surface area contributed by atoms with Crippen molar-refractivity contribution in [1.29, 1.82) is 0 Å². The van der Waals surface area contributed by atoms with Crippen LogP contribution in [0.1, 0.15) is 252 Å². The highest BCUT2D eigenvalue weighted by molar-refractivity contribution is 5.71. The molecule has 0 N–H and O–H groups in total. The van der Waals surface area contributed by atoms with E-state index in [0.29, 0.717) is 19.3 Å². The normalized spacial score (nSPS) is 12.7. The summed E-state index contributed by atoms with van der Waals surface area (Å²) in [5.41, 5.74) is 0. The van der Waals surface area contributed by atoms with E-state index in [2.05, 4.69) is 106 Å². The molecule has 1 unspecified atom stereocenters. The molecule has 1 atom stereocenters. The van der Waals surface area contributed by atoms with Crippen molar-refractivity contribution < 1.29 is 28.6 Å². The van der Waals surface area contributed by atoms with E-state index in [4.69, 9.17) is 14.2 Å². The summed E-state index contributed by atoms with van der Waals surface area (Å²) in [6.45, 7) is 6.45. The van der Waals surface area contributed by atoms with Gasteiger partial charge in [0, 0.05) is 19.3 Å². The number of carbonyl (C=O) groups is 3. The summed E-state index contributed by atoms with van der Waals surface area (Å²) in [6.07, 6.45) is 68.9. The number of hydrogen-bond donors (Lipinski definition) is 0. The molecule has 65 heavy (non-hydrogen) atoms. The first-order chi connectivity index (χ1) is 32.0. The van der Waals surface area contributed by atoms with Gasteiger partial charge in [0.1, 0.15) is 13.2 Å². The van der Waals surface area contributed by atoms with E-state index in [1.165, 1.54) is 103 Å². The first-order valence-corrected chi connectivity index (χ1v) is 27.1. The molecule has 372 valence electrons. The quantitative estimate of drug-likeness (QED) is 0.0262. The zero-order valence-corrected chi connectivity index (χ0v) is 42.5. The molecule has 6 nitrogen and oxygen atoms in total. The third-order valence-electron chi connectivity index (χ3n) is 11.4. The number of esters is 3. The molecule has 0 aromatic carbocycles. The van der Waals surface area contributed by atoms with E-state index < -0.39 is 6.10 Å². The zero-order valence-electron chi connectivity index (χ0n) is 42.5. The Kier molecular flexibility index (Phi) is 50.4. The minimum atomic E-state index is -0.774. The fraction of sp³-hybridized carbons (Fsp3) is 0.712. The Morgan fingerprint density at radius 3 is 0.938 bits per heavy atom. The van der Waals surface area contributed by atoms with Crippen molar-refractivity contribution in [3.05, 3.63) is 85.1 Å². The Morgan fingerprint density at radius 1 is 0.323 bits per heavy atom. The van der Waals surface area contributed by atoms with E-state index in [1.54, 1.807) is 0 Å². The number of rotatable bonds is 48. The lowest BCUT2D eigenvalue weighted by Crippen LogP contribution is -2.30. The van der Waals surface area contributed by atoms with Crippen LogP contribution in [-0.2, 0) is 28.6 Å². The third kappa shape index (κ3) is 51.4. The van der Waals surface area contributed by atoms with Gasteiger partial charge in [0.05, 0.1) is 0 Å². The number of ether oxygens (including phenoxy) is 3. The summed E-state index contributed by atoms with van der Waals surface area (Å²) in [7, 11) is 0. The first kappa shape index (κ1) is 61.6. The molecule has 0 heterocycles. The van der Waals surface area contributed by atoms with Crippen LogP contribution in [0.2, 0.25) is 0 Å². The summed E-state index contributed by atoms with van der Waals surface area (Å²) < 4.78 is 16.7. The molecule has 0 aromatic heterocycles. The lowest BCUT2D eigenvalue weighted by molar-refractivity contribution is -0.167. The summed E-state index contributed by atoms with van der Waals surface area (Å²) >= 11 is 0. The van der Waals surface area contributed by atoms with Crippen molar-refractivity contribution in [3.8, 4) is 0 Å². The standard InChI is InChI=1S/C59H100O6/c1-4-7-10-13-16-18-20-22-23-24-25-26-27-28-29-30-31-32-33-34-35-36-37-38-40-41-43-46-49-52-58(61)64-55-56(54-63-57(60)51-48-45-15-12-9-6-3)65-59(62)53-50-47-44-42-39-21-19-17-14-11-8-5-2/h7,10,16,18,22-23,25-26,28-29,31-32,34-35,56H,4-6,8-9,11-15,17,19-21,24,27,30,33,36-55H2,1-3H3/b10-7-,18-16-,23-22-,26-25-,29-28-,32-31-,35-34-. The van der Waals surface area contributed by atoms with Crippen molar-refractivity contribution in [3.63, 3.8) is 0 Å². The predicted molar refractivity (Wildman–Crippen MR) is 279 cm³/mol. The molecular weight excluding hydrogens is 805 g/mol. The van der Waals surface area contributed by atoms with Crippen LogP contribution < -0.4 is 0 Å². The van der Waals surface area contributed by atoms with Crippen LogP contribution in [0.15, 0.2) is 85.1 Å². The Labute approximate surface area is 401 Å². The van der Waals surface area contributed by atoms with E-state index in [9.17, 15) is 14.4 Å². The minimum Gasteiger partial charge on any atom is -0.462 e. The second-order valence-electron chi connectivity index (χ2n) is 17.8. The number of hydrogen-bond acceptors (Lipinski definition) is 6. The van der Waals surface area contributed by atoms with Crippen molar-refractivity contribution in [2.45, 2.75) is 258 Å². The molecule has 6 heteroatoms. The predicted octanol–water partition coefficient (Wildman–Crippen LogP) is 18.0. The summed E-state index contributed by atoms with van der Waals surface area (Å²) in [5.74, 6) is -0.898. The summed E-state index contributed by atoms with van der Waals surface area (Å²) in [6, 6.07) is 0. The van der Waals surface area contributed by atoms with Gasteiger partial charge in [-0.05, 0) is 77.0 Å². The Balaban J connectivity index is 4.12. The molecule has 0 spiro atoms. The second kappa shape index (κ2) is 53.2. The monoisotopic (exact) mass is 905 g/mol. The topological polar surface area (TPSA) is 78.9 Å². The van der Waals surface area contributed by atoms with Crippen molar-refractivity contribution in [2.24, 2.45) is 0 Å². The van der Waals surface area contributed by atoms with Gasteiger partial charge in [0.15, 0.2) is 6.10 Å². The molecule has 0 aliphatic rings. The summed E-state index contributed by atoms with van der Waals surface area (Å²) in [5, 5.41) is 0. The van der Waals surface area contributed by atoms with Gasteiger partial charge < -0.3 is 14.2 Å². The highest BCUT2D eigenvalue weighted by Gasteiger charge is 2.19. The van der Waals surface area contributed by atoms with Crippen LogP contribution in [0.5, 0.6) is 0 Å². The van der Waals surface area contributed by atoms with Crippen LogP contribution in [0.25, 0.3) is 0 Å². The van der Waals surface area contributed by atoms with Crippen LogP contribution in [0.4, 0.5) is 0 Å². The average molecular weight is 905 g/mol. The fourth-order valence-electron chi connectivity index (χ4n) is 7.36. The van der Waals surface area contributed by atoms with E-state index >= 15 is 0 Å². The van der Waals surface area contributed by atoms with E-state index in [1.807, 2.05) is 0 Å². The molecule has 0 aliphatic heterocycles. The number of unbranched alkanes of at least 4 members (excludes halogenated alkanes) is 23. The number of allylic oxidation sites excluding steroid dienone is 14. The SMILES string of the molecule is CC/C=C\C/C=C\C/C=C\C/C=C\C/C=C\C/C=C\C/C=C\CCCCCCCCCC(=O)OCC(COC(=O)CCCCCCCC)OC(=O)CCCCCCCCCCCCCC. The molecule has 0 aliphatic carbocycles.